The minimum atomic E-state index is -0.598. The van der Waals surface area contributed by atoms with E-state index in [0.29, 0.717) is 23.8 Å². The van der Waals surface area contributed by atoms with E-state index in [4.69, 9.17) is 4.74 Å². The molecule has 1 unspecified atom stereocenters. The Kier molecular flexibility index (Phi) is 6.49. The molecule has 0 aliphatic carbocycles. The summed E-state index contributed by atoms with van der Waals surface area (Å²) in [5.74, 6) is 0.821. The van der Waals surface area contributed by atoms with Crippen molar-refractivity contribution in [2.24, 2.45) is 5.92 Å². The zero-order chi connectivity index (χ0) is 15.3. The molecule has 0 saturated heterocycles. The average Bonchev–Trinajstić information content (AvgIpc) is 2.38. The van der Waals surface area contributed by atoms with E-state index in [1.54, 1.807) is 13.0 Å². The predicted octanol–water partition coefficient (Wildman–Crippen LogP) is 2.79. The third kappa shape index (κ3) is 4.80. The van der Waals surface area contributed by atoms with E-state index in [2.05, 4.69) is 21.2 Å². The number of nitrogens with one attached hydrogen (secondary N) is 1. The average molecular weight is 344 g/mol. The fourth-order valence-electron chi connectivity index (χ4n) is 1.76. The first kappa shape index (κ1) is 17.0. The largest absolute Gasteiger partial charge is 0.480 e. The van der Waals surface area contributed by atoms with Crippen molar-refractivity contribution in [2.75, 3.05) is 6.54 Å². The highest BCUT2D eigenvalue weighted by Crippen LogP contribution is 2.29. The molecule has 0 heterocycles. The van der Waals surface area contributed by atoms with Crippen molar-refractivity contribution in [3.63, 3.8) is 0 Å². The molecule has 0 saturated carbocycles. The number of halogens is 1. The van der Waals surface area contributed by atoms with Crippen molar-refractivity contribution < 1.29 is 14.6 Å². The molecule has 0 fully saturated rings. The van der Waals surface area contributed by atoms with Crippen LogP contribution in [0, 0.1) is 12.8 Å². The van der Waals surface area contributed by atoms with Crippen LogP contribution in [0.2, 0.25) is 0 Å². The van der Waals surface area contributed by atoms with E-state index in [0.717, 1.165) is 10.0 Å². The normalized spacial score (nSPS) is 12.3. The lowest BCUT2D eigenvalue weighted by molar-refractivity contribution is -0.127. The molecule has 1 atom stereocenters. The second-order valence-corrected chi connectivity index (χ2v) is 6.18. The van der Waals surface area contributed by atoms with E-state index < -0.39 is 6.10 Å². The molecular weight excluding hydrogens is 322 g/mol. The van der Waals surface area contributed by atoms with Crippen LogP contribution in [0.1, 0.15) is 31.9 Å². The molecule has 1 aromatic carbocycles. The molecule has 4 nitrogen and oxygen atoms in total. The van der Waals surface area contributed by atoms with Crippen molar-refractivity contribution in [1.82, 2.24) is 5.32 Å². The summed E-state index contributed by atoms with van der Waals surface area (Å²) >= 11 is 3.38. The van der Waals surface area contributed by atoms with Crippen LogP contribution in [-0.4, -0.2) is 23.7 Å². The van der Waals surface area contributed by atoms with Crippen LogP contribution >= 0.6 is 15.9 Å². The van der Waals surface area contributed by atoms with Gasteiger partial charge in [0.1, 0.15) is 5.75 Å². The third-order valence-corrected chi connectivity index (χ3v) is 3.29. The van der Waals surface area contributed by atoms with Crippen LogP contribution in [0.4, 0.5) is 0 Å². The molecule has 5 heteroatoms. The zero-order valence-electron chi connectivity index (χ0n) is 12.4. The molecular formula is C15H22BrNO3. The molecule has 0 radical (unpaired) electrons. The number of carbonyl (C=O) groups excluding carboxylic acids is 1. The first-order valence-corrected chi connectivity index (χ1v) is 7.48. The van der Waals surface area contributed by atoms with Gasteiger partial charge in [0.15, 0.2) is 6.10 Å². The van der Waals surface area contributed by atoms with Crippen LogP contribution in [-0.2, 0) is 11.4 Å². The van der Waals surface area contributed by atoms with Gasteiger partial charge >= 0.3 is 0 Å². The van der Waals surface area contributed by atoms with Crippen molar-refractivity contribution in [1.29, 1.82) is 0 Å². The highest BCUT2D eigenvalue weighted by atomic mass is 79.9. The van der Waals surface area contributed by atoms with E-state index >= 15 is 0 Å². The van der Waals surface area contributed by atoms with Gasteiger partial charge in [-0.3, -0.25) is 4.79 Å². The minimum absolute atomic E-state index is 0.129. The summed E-state index contributed by atoms with van der Waals surface area (Å²) in [6, 6.07) is 3.69. The maximum atomic E-state index is 11.9. The van der Waals surface area contributed by atoms with Gasteiger partial charge in [-0.15, -0.1) is 0 Å². The van der Waals surface area contributed by atoms with Crippen LogP contribution in [0.15, 0.2) is 16.6 Å². The second kappa shape index (κ2) is 7.64. The lowest BCUT2D eigenvalue weighted by Crippen LogP contribution is -2.38. The number of aliphatic hydroxyl groups is 1. The smallest absolute Gasteiger partial charge is 0.260 e. The first-order valence-electron chi connectivity index (χ1n) is 6.69. The third-order valence-electron chi connectivity index (χ3n) is 2.84. The summed E-state index contributed by atoms with van der Waals surface area (Å²) in [5.41, 5.74) is 1.55. The number of hydrogen-bond acceptors (Lipinski definition) is 3. The van der Waals surface area contributed by atoms with Gasteiger partial charge in [-0.25, -0.2) is 0 Å². The maximum Gasteiger partial charge on any atom is 0.260 e. The number of amides is 1. The lowest BCUT2D eigenvalue weighted by atomic mass is 10.1. The highest BCUT2D eigenvalue weighted by molar-refractivity contribution is 9.10. The Balaban J connectivity index is 2.80. The number of aliphatic hydroxyl groups excluding tert-OH is 1. The molecule has 1 rings (SSSR count). The van der Waals surface area contributed by atoms with Crippen molar-refractivity contribution in [3.05, 3.63) is 27.7 Å². The Hall–Kier alpha value is -1.07. The summed E-state index contributed by atoms with van der Waals surface area (Å²) in [4.78, 5) is 11.9. The number of carbonyl (C=O) groups is 1. The summed E-state index contributed by atoms with van der Waals surface area (Å²) < 4.78 is 6.60. The SMILES string of the molecule is Cc1cc(Br)cc(CO)c1OC(C)C(=O)NCC(C)C. The van der Waals surface area contributed by atoms with Crippen LogP contribution in [0.3, 0.4) is 0 Å². The summed E-state index contributed by atoms with van der Waals surface area (Å²) in [6.45, 7) is 8.16. The van der Waals surface area contributed by atoms with Crippen molar-refractivity contribution >= 4 is 21.8 Å². The van der Waals surface area contributed by atoms with Gasteiger partial charge in [-0.2, -0.15) is 0 Å². The fraction of sp³-hybridized carbons (Fsp3) is 0.533. The molecule has 2 N–H and O–H groups in total. The van der Waals surface area contributed by atoms with Crippen LogP contribution in [0.25, 0.3) is 0 Å². The molecule has 112 valence electrons. The van der Waals surface area contributed by atoms with E-state index in [-0.39, 0.29) is 12.5 Å². The topological polar surface area (TPSA) is 58.6 Å². The Morgan fingerprint density at radius 2 is 2.05 bits per heavy atom. The van der Waals surface area contributed by atoms with Crippen LogP contribution in [0.5, 0.6) is 5.75 Å². The molecule has 0 aromatic heterocycles. The standard InChI is InChI=1S/C15H22BrNO3/c1-9(2)7-17-15(19)11(4)20-14-10(3)5-13(16)6-12(14)8-18/h5-6,9,11,18H,7-8H2,1-4H3,(H,17,19). The summed E-state index contributed by atoms with van der Waals surface area (Å²) in [6.07, 6.45) is -0.598. The number of aryl methyl sites for hydroxylation is 1. The van der Waals surface area contributed by atoms with Gasteiger partial charge in [0, 0.05) is 16.6 Å². The van der Waals surface area contributed by atoms with E-state index in [1.807, 2.05) is 26.8 Å². The van der Waals surface area contributed by atoms with Gasteiger partial charge in [-0.1, -0.05) is 29.8 Å². The molecule has 1 amide bonds. The number of hydrogen-bond donors (Lipinski definition) is 2. The Bertz CT molecular complexity index is 474. The second-order valence-electron chi connectivity index (χ2n) is 5.27. The van der Waals surface area contributed by atoms with Gasteiger partial charge in [0.25, 0.3) is 5.91 Å². The van der Waals surface area contributed by atoms with E-state index in [1.165, 1.54) is 0 Å². The zero-order valence-corrected chi connectivity index (χ0v) is 14.0. The van der Waals surface area contributed by atoms with Gasteiger partial charge in [0.2, 0.25) is 0 Å². The summed E-state index contributed by atoms with van der Waals surface area (Å²) in [7, 11) is 0. The summed E-state index contributed by atoms with van der Waals surface area (Å²) in [5, 5.41) is 12.2. The highest BCUT2D eigenvalue weighted by Gasteiger charge is 2.18. The first-order chi connectivity index (χ1) is 9.35. The minimum Gasteiger partial charge on any atom is -0.480 e. The van der Waals surface area contributed by atoms with Crippen LogP contribution < -0.4 is 10.1 Å². The maximum absolute atomic E-state index is 11.9. The van der Waals surface area contributed by atoms with E-state index in [9.17, 15) is 9.90 Å². The molecule has 1 aromatic rings. The molecule has 0 spiro atoms. The van der Waals surface area contributed by atoms with Gasteiger partial charge in [-0.05, 0) is 37.5 Å². The Morgan fingerprint density at radius 3 is 2.60 bits per heavy atom. The lowest BCUT2D eigenvalue weighted by Gasteiger charge is -2.19. The molecule has 0 aliphatic rings. The Labute approximate surface area is 128 Å². The van der Waals surface area contributed by atoms with Gasteiger partial charge in [0.05, 0.1) is 6.61 Å². The monoisotopic (exact) mass is 343 g/mol. The molecule has 20 heavy (non-hydrogen) atoms. The fourth-order valence-corrected chi connectivity index (χ4v) is 2.38. The number of ether oxygens (including phenoxy) is 1. The van der Waals surface area contributed by atoms with Crippen molar-refractivity contribution in [2.45, 2.75) is 40.4 Å². The van der Waals surface area contributed by atoms with Gasteiger partial charge < -0.3 is 15.2 Å². The molecule has 0 bridgehead atoms. The quantitative estimate of drug-likeness (QED) is 0.834. The Morgan fingerprint density at radius 1 is 1.40 bits per heavy atom. The van der Waals surface area contributed by atoms with Crippen molar-refractivity contribution in [3.8, 4) is 5.75 Å². The number of rotatable bonds is 6. The number of benzene rings is 1. The predicted molar refractivity (Wildman–Crippen MR) is 82.7 cm³/mol. The molecule has 0 aliphatic heterocycles.